The lowest BCUT2D eigenvalue weighted by atomic mass is 10.0. The molecule has 4 aromatic carbocycles. The Hall–Kier alpha value is -4.05. The van der Waals surface area contributed by atoms with Crippen molar-refractivity contribution in [1.82, 2.24) is 10.2 Å². The third kappa shape index (κ3) is 8.81. The van der Waals surface area contributed by atoms with Gasteiger partial charge in [-0.25, -0.2) is 8.42 Å². The van der Waals surface area contributed by atoms with Gasteiger partial charge in [-0.3, -0.25) is 13.9 Å². The molecule has 1 atom stereocenters. The zero-order chi connectivity index (χ0) is 33.4. The first kappa shape index (κ1) is 34.8. The van der Waals surface area contributed by atoms with Crippen LogP contribution < -0.4 is 14.4 Å². The van der Waals surface area contributed by atoms with Gasteiger partial charge in [-0.1, -0.05) is 83.4 Å². The zero-order valence-electron chi connectivity index (χ0n) is 26.1. The van der Waals surface area contributed by atoms with E-state index in [-0.39, 0.29) is 46.3 Å². The van der Waals surface area contributed by atoms with E-state index in [1.165, 1.54) is 36.3 Å². The van der Waals surface area contributed by atoms with Crippen molar-refractivity contribution in [2.24, 2.45) is 0 Å². The van der Waals surface area contributed by atoms with E-state index in [9.17, 15) is 18.0 Å². The molecule has 0 bridgehead atoms. The van der Waals surface area contributed by atoms with E-state index in [2.05, 4.69) is 5.32 Å². The number of hydrogen-bond acceptors (Lipinski definition) is 5. The smallest absolute Gasteiger partial charge is 0.264 e. The van der Waals surface area contributed by atoms with Crippen molar-refractivity contribution in [3.63, 3.8) is 0 Å². The average Bonchev–Trinajstić information content (AvgIpc) is 3.01. The minimum atomic E-state index is -4.33. The molecule has 0 fully saturated rings. The van der Waals surface area contributed by atoms with Crippen molar-refractivity contribution >= 4 is 50.7 Å². The number of aryl methyl sites for hydroxylation is 1. The van der Waals surface area contributed by atoms with Crippen LogP contribution in [0.3, 0.4) is 0 Å². The highest BCUT2D eigenvalue weighted by Crippen LogP contribution is 2.35. The summed E-state index contributed by atoms with van der Waals surface area (Å²) in [5, 5.41) is 3.65. The van der Waals surface area contributed by atoms with E-state index in [1.54, 1.807) is 42.5 Å². The highest BCUT2D eigenvalue weighted by Gasteiger charge is 2.36. The van der Waals surface area contributed by atoms with E-state index in [0.717, 1.165) is 15.4 Å². The molecule has 1 N–H and O–H groups in total. The summed E-state index contributed by atoms with van der Waals surface area (Å²) in [6.07, 6.45) is 0.191. The topological polar surface area (TPSA) is 96.0 Å². The van der Waals surface area contributed by atoms with Gasteiger partial charge in [0.25, 0.3) is 10.0 Å². The Labute approximate surface area is 280 Å². The second kappa shape index (κ2) is 15.5. The monoisotopic (exact) mass is 681 g/mol. The van der Waals surface area contributed by atoms with E-state index < -0.39 is 28.5 Å². The Balaban J connectivity index is 1.86. The molecular formula is C35H37Cl2N3O5S. The van der Waals surface area contributed by atoms with Crippen LogP contribution >= 0.6 is 23.2 Å². The van der Waals surface area contributed by atoms with Gasteiger partial charge in [0.2, 0.25) is 11.8 Å². The van der Waals surface area contributed by atoms with Gasteiger partial charge >= 0.3 is 0 Å². The summed E-state index contributed by atoms with van der Waals surface area (Å²) in [6.45, 7) is 4.87. The first-order valence-electron chi connectivity index (χ1n) is 14.7. The summed E-state index contributed by atoms with van der Waals surface area (Å²) in [7, 11) is -2.92. The average molecular weight is 683 g/mol. The van der Waals surface area contributed by atoms with E-state index in [0.29, 0.717) is 10.6 Å². The standard InChI is InChI=1S/C35H37Cl2N3O5S/c1-24(2)38-35(42)32(20-26-9-6-5-7-10-26)39(22-27-11-8-12-28(36)19-27)34(41)23-40(31-21-29(37)15-18-33(31)45-4)46(43,44)30-16-13-25(3)14-17-30/h5-19,21,24,32H,20,22-23H2,1-4H3,(H,38,42). The minimum absolute atomic E-state index is 0.00644. The second-order valence-electron chi connectivity index (χ2n) is 11.2. The Kier molecular flexibility index (Phi) is 11.7. The zero-order valence-corrected chi connectivity index (χ0v) is 28.4. The number of ether oxygens (including phenoxy) is 1. The predicted octanol–water partition coefficient (Wildman–Crippen LogP) is 6.67. The maximum Gasteiger partial charge on any atom is 0.264 e. The predicted molar refractivity (Wildman–Crippen MR) is 183 cm³/mol. The molecule has 0 saturated carbocycles. The number of benzene rings is 4. The Morgan fingerprint density at radius 1 is 0.848 bits per heavy atom. The number of anilines is 1. The number of carbonyl (C=O) groups is 2. The normalized spacial score (nSPS) is 12.0. The van der Waals surface area contributed by atoms with Crippen LogP contribution in [0.25, 0.3) is 0 Å². The molecule has 4 aromatic rings. The fourth-order valence-electron chi connectivity index (χ4n) is 4.98. The van der Waals surface area contributed by atoms with E-state index >= 15 is 0 Å². The van der Waals surface area contributed by atoms with Crippen molar-refractivity contribution in [3.05, 3.63) is 124 Å². The summed E-state index contributed by atoms with van der Waals surface area (Å²) in [5.74, 6) is -0.785. The number of methoxy groups -OCH3 is 1. The number of rotatable bonds is 13. The highest BCUT2D eigenvalue weighted by molar-refractivity contribution is 7.92. The lowest BCUT2D eigenvalue weighted by Crippen LogP contribution is -2.54. The van der Waals surface area contributed by atoms with Gasteiger partial charge in [0.1, 0.15) is 18.3 Å². The van der Waals surface area contributed by atoms with Gasteiger partial charge in [-0.05, 0) is 74.4 Å². The molecule has 8 nitrogen and oxygen atoms in total. The number of amides is 2. The molecule has 242 valence electrons. The lowest BCUT2D eigenvalue weighted by molar-refractivity contribution is -0.140. The van der Waals surface area contributed by atoms with Crippen molar-refractivity contribution in [1.29, 1.82) is 0 Å². The molecule has 0 spiro atoms. The SMILES string of the molecule is COc1ccc(Cl)cc1N(CC(=O)N(Cc1cccc(Cl)c1)C(Cc1ccccc1)C(=O)NC(C)C)S(=O)(=O)c1ccc(C)cc1. The quantitative estimate of drug-likeness (QED) is 0.170. The van der Waals surface area contributed by atoms with Gasteiger partial charge in [0, 0.05) is 29.1 Å². The first-order chi connectivity index (χ1) is 21.9. The number of nitrogens with one attached hydrogen (secondary N) is 1. The summed E-state index contributed by atoms with van der Waals surface area (Å²) in [5.41, 5.74) is 2.45. The molecule has 2 amide bonds. The molecule has 0 radical (unpaired) electrons. The van der Waals surface area contributed by atoms with Gasteiger partial charge in [-0.15, -0.1) is 0 Å². The first-order valence-corrected chi connectivity index (χ1v) is 16.9. The second-order valence-corrected chi connectivity index (χ2v) is 13.9. The van der Waals surface area contributed by atoms with Crippen molar-refractivity contribution in [3.8, 4) is 5.75 Å². The van der Waals surface area contributed by atoms with Gasteiger partial charge in [0.15, 0.2) is 0 Å². The van der Waals surface area contributed by atoms with Crippen LogP contribution in [0.2, 0.25) is 10.0 Å². The summed E-state index contributed by atoms with van der Waals surface area (Å²) in [4.78, 5) is 29.8. The molecule has 1 unspecified atom stereocenters. The summed E-state index contributed by atoms with van der Waals surface area (Å²) < 4.78 is 35.1. The molecule has 0 saturated heterocycles. The minimum Gasteiger partial charge on any atom is -0.495 e. The number of halogens is 2. The van der Waals surface area contributed by atoms with Gasteiger partial charge in [0.05, 0.1) is 17.7 Å². The maximum absolute atomic E-state index is 14.6. The van der Waals surface area contributed by atoms with Crippen LogP contribution in [0, 0.1) is 6.92 Å². The van der Waals surface area contributed by atoms with Crippen LogP contribution in [-0.2, 0) is 32.6 Å². The van der Waals surface area contributed by atoms with Gasteiger partial charge < -0.3 is 15.0 Å². The Morgan fingerprint density at radius 3 is 2.13 bits per heavy atom. The summed E-state index contributed by atoms with van der Waals surface area (Å²) >= 11 is 12.7. The van der Waals surface area contributed by atoms with Crippen molar-refractivity contribution in [2.45, 2.75) is 50.7 Å². The molecule has 11 heteroatoms. The third-order valence-corrected chi connectivity index (χ3v) is 9.49. The van der Waals surface area contributed by atoms with Crippen LogP contribution in [0.1, 0.15) is 30.5 Å². The fraction of sp³-hybridized carbons (Fsp3) is 0.257. The molecule has 0 aliphatic carbocycles. The van der Waals surface area contributed by atoms with E-state index in [1.807, 2.05) is 51.1 Å². The lowest BCUT2D eigenvalue weighted by Gasteiger charge is -2.34. The highest BCUT2D eigenvalue weighted by atomic mass is 35.5. The number of nitrogens with zero attached hydrogens (tertiary/aromatic N) is 2. The number of hydrogen-bond donors (Lipinski definition) is 1. The van der Waals surface area contributed by atoms with Crippen LogP contribution in [0.5, 0.6) is 5.75 Å². The Morgan fingerprint density at radius 2 is 1.50 bits per heavy atom. The van der Waals surface area contributed by atoms with Crippen molar-refractivity contribution < 1.29 is 22.7 Å². The fourth-order valence-corrected chi connectivity index (χ4v) is 6.77. The van der Waals surface area contributed by atoms with Crippen LogP contribution in [0.4, 0.5) is 5.69 Å². The molecular weight excluding hydrogens is 645 g/mol. The molecule has 0 aliphatic heterocycles. The molecule has 46 heavy (non-hydrogen) atoms. The third-order valence-electron chi connectivity index (χ3n) is 7.24. The number of sulfonamides is 1. The van der Waals surface area contributed by atoms with Gasteiger partial charge in [-0.2, -0.15) is 0 Å². The summed E-state index contributed by atoms with van der Waals surface area (Å²) in [6, 6.07) is 26.0. The van der Waals surface area contributed by atoms with Crippen LogP contribution in [-0.4, -0.2) is 50.9 Å². The van der Waals surface area contributed by atoms with Crippen LogP contribution in [0.15, 0.2) is 102 Å². The molecule has 4 rings (SSSR count). The Bertz CT molecular complexity index is 1770. The largest absolute Gasteiger partial charge is 0.495 e. The molecule has 0 aromatic heterocycles. The molecule has 0 heterocycles. The maximum atomic E-state index is 14.6. The number of carbonyl (C=O) groups excluding carboxylic acids is 2. The van der Waals surface area contributed by atoms with E-state index in [4.69, 9.17) is 27.9 Å². The molecule has 0 aliphatic rings. The van der Waals surface area contributed by atoms with Crippen molar-refractivity contribution in [2.75, 3.05) is 18.0 Å².